The molecule has 6 atom stereocenters. The van der Waals surface area contributed by atoms with Crippen LogP contribution in [0.5, 0.6) is 11.5 Å². The molecule has 109 heavy (non-hydrogen) atoms. The van der Waals surface area contributed by atoms with Crippen molar-refractivity contribution in [1.29, 1.82) is 5.26 Å². The highest BCUT2D eigenvalue weighted by atomic mass is 16.5. The lowest BCUT2D eigenvalue weighted by Crippen LogP contribution is -2.54. The van der Waals surface area contributed by atoms with E-state index in [1.165, 1.54) is 0 Å². The van der Waals surface area contributed by atoms with E-state index in [1.54, 1.807) is 0 Å². The number of hydrogen-bond donors (Lipinski definition) is 0. The van der Waals surface area contributed by atoms with Gasteiger partial charge in [-0.3, -0.25) is 0 Å². The lowest BCUT2D eigenvalue weighted by Gasteiger charge is -2.33. The zero-order valence-electron chi connectivity index (χ0n) is 67.9. The number of fused-ring (bicyclic) bond motifs is 3. The molecule has 0 saturated heterocycles. The molecule has 560 valence electrons. The van der Waals surface area contributed by atoms with Crippen molar-refractivity contribution in [3.8, 4) is 40.1 Å². The minimum Gasteiger partial charge on any atom is -0.493 e. The van der Waals surface area contributed by atoms with Gasteiger partial charge in [0.05, 0.1) is 30.5 Å². The van der Waals surface area contributed by atoms with Crippen LogP contribution in [0.4, 0.5) is 0 Å². The summed E-state index contributed by atoms with van der Waals surface area (Å²) in [4.78, 5) is 15.4. The summed E-state index contributed by atoms with van der Waals surface area (Å²) in [5, 5.41) is 15.2. The van der Waals surface area contributed by atoms with E-state index in [9.17, 15) is 11.8 Å². The quantitative estimate of drug-likeness (QED) is 0.0373. The van der Waals surface area contributed by atoms with Crippen LogP contribution in [-0.2, 0) is 0 Å². The standard InChI is InChI=1S/C97H112B2N6O4/c1-64-41-54-83-81(56-64)102-92(108-83)80(61-100)90-85-86(89(104(90)98(74-32-24-20-25-33-74)75-34-26-21-27-35-75)71-48-52-78(53-49-71)106-62-72(67(4)59-95(10,11)12)44-40-66(3)58-94(7,8)9)91(87(101-19)93-103-82-57-65(2)42-55-84(82)109-93)105(99(76-36-28-22-29-37-76)77-38-30-23-31-39-77)88(85)70-46-50-79(51-47-70)107-63-73(68(5)60-96(13,14)15)45-43-69(6)97(16,17)18/h20-39,41-42,46-57,66-69,72-73H,40,43-45,58-60,62-63H2,1-18H3/b90-80-,91-87+. The molecule has 0 N–H and O–H groups in total. The van der Waals surface area contributed by atoms with Gasteiger partial charge < -0.3 is 27.3 Å². The van der Waals surface area contributed by atoms with Gasteiger partial charge in [-0.1, -0.05) is 273 Å². The number of ether oxygens (including phenoxy) is 2. The fourth-order valence-electron chi connectivity index (χ4n) is 16.9. The summed E-state index contributed by atoms with van der Waals surface area (Å²) in [6, 6.07) is 74.0. The van der Waals surface area contributed by atoms with Crippen molar-refractivity contribution in [2.24, 2.45) is 57.2 Å². The van der Waals surface area contributed by atoms with Crippen LogP contribution in [0.15, 0.2) is 215 Å². The summed E-state index contributed by atoms with van der Waals surface area (Å²) in [5.41, 5.74) is 12.4. The zero-order chi connectivity index (χ0) is 77.7. The number of nitrogens with zero attached hydrogens (tertiary/aromatic N) is 6. The Morgan fingerprint density at radius 3 is 1.24 bits per heavy atom. The van der Waals surface area contributed by atoms with Gasteiger partial charge in [0, 0.05) is 22.2 Å². The maximum absolute atomic E-state index is 12.7. The molecular weight excluding hydrogens is 1330 g/mol. The monoisotopic (exact) mass is 1450 g/mol. The Morgan fingerprint density at radius 2 is 0.853 bits per heavy atom. The van der Waals surface area contributed by atoms with Crippen molar-refractivity contribution in [2.45, 2.75) is 170 Å². The predicted molar refractivity (Wildman–Crippen MR) is 456 cm³/mol. The lowest BCUT2D eigenvalue weighted by molar-refractivity contribution is 0.139. The van der Waals surface area contributed by atoms with Crippen LogP contribution in [0.1, 0.15) is 179 Å². The van der Waals surface area contributed by atoms with Crippen molar-refractivity contribution in [3.05, 3.63) is 251 Å². The average molecular weight is 1450 g/mol. The van der Waals surface area contributed by atoms with E-state index in [1.807, 2.05) is 74.5 Å². The summed E-state index contributed by atoms with van der Waals surface area (Å²) in [5.74, 6) is 4.40. The first-order valence-corrected chi connectivity index (χ1v) is 39.7. The van der Waals surface area contributed by atoms with Crippen molar-refractivity contribution in [1.82, 2.24) is 18.9 Å². The second-order valence-electron chi connectivity index (χ2n) is 36.2. The third-order valence-electron chi connectivity index (χ3n) is 22.4. The van der Waals surface area contributed by atoms with Crippen LogP contribution in [-0.4, -0.2) is 45.8 Å². The van der Waals surface area contributed by atoms with Gasteiger partial charge in [-0.2, -0.15) is 5.26 Å². The van der Waals surface area contributed by atoms with E-state index in [0.717, 1.165) is 112 Å². The minimum atomic E-state index is -0.621. The van der Waals surface area contributed by atoms with E-state index < -0.39 is 13.7 Å². The third kappa shape index (κ3) is 18.5. The van der Waals surface area contributed by atoms with Crippen LogP contribution in [0, 0.1) is 88.9 Å². The molecule has 0 aliphatic rings. The molecule has 0 saturated carbocycles. The highest BCUT2D eigenvalue weighted by Gasteiger charge is 2.39. The highest BCUT2D eigenvalue weighted by molar-refractivity contribution is 6.85. The van der Waals surface area contributed by atoms with Gasteiger partial charge in [-0.15, -0.1) is 0 Å². The summed E-state index contributed by atoms with van der Waals surface area (Å²) in [6.07, 6.45) is 7.67. The van der Waals surface area contributed by atoms with Crippen LogP contribution in [0.25, 0.3) is 71.6 Å². The molecule has 12 rings (SSSR count). The number of oxazole rings is 2. The van der Waals surface area contributed by atoms with Crippen LogP contribution < -0.4 is 42.0 Å². The number of rotatable bonds is 27. The van der Waals surface area contributed by atoms with Gasteiger partial charge >= 0.3 is 13.7 Å². The van der Waals surface area contributed by atoms with Crippen molar-refractivity contribution < 1.29 is 18.3 Å². The topological polar surface area (TPSA) is 109 Å². The molecule has 10 nitrogen and oxygen atoms in total. The third-order valence-corrected chi connectivity index (χ3v) is 22.4. The van der Waals surface area contributed by atoms with E-state index in [4.69, 9.17) is 33.1 Å². The van der Waals surface area contributed by atoms with Crippen molar-refractivity contribution in [3.63, 3.8) is 0 Å². The van der Waals surface area contributed by atoms with Crippen LogP contribution >= 0.6 is 0 Å². The molecule has 6 unspecified atom stereocenters. The van der Waals surface area contributed by atoms with Gasteiger partial charge in [0.1, 0.15) is 34.2 Å². The Hall–Kier alpha value is -10.0. The summed E-state index contributed by atoms with van der Waals surface area (Å²) in [6.45, 7) is 51.7. The predicted octanol–water partition coefficient (Wildman–Crippen LogP) is 21.2. The van der Waals surface area contributed by atoms with Crippen molar-refractivity contribution >= 4 is 79.8 Å². The molecule has 0 radical (unpaired) electrons. The lowest BCUT2D eigenvalue weighted by atomic mass is 9.50. The molecular formula is C97H112B2N6O4. The largest absolute Gasteiger partial charge is 0.493 e. The van der Waals surface area contributed by atoms with Gasteiger partial charge in [-0.25, -0.2) is 14.8 Å². The molecule has 0 fully saturated rings. The number of nitriles is 1. The Labute approximate surface area is 649 Å². The van der Waals surface area contributed by atoms with E-state index in [-0.39, 0.29) is 44.7 Å². The first-order valence-electron chi connectivity index (χ1n) is 39.7. The number of hydrogen-bond acceptors (Lipinski definition) is 7. The normalized spacial score (nSPS) is 14.5. The second kappa shape index (κ2) is 33.0. The molecule has 12 aromatic rings. The molecule has 8 aromatic carbocycles. The molecule has 0 aliphatic carbocycles. The Bertz CT molecular complexity index is 5110. The molecule has 0 spiro atoms. The van der Waals surface area contributed by atoms with Gasteiger partial charge in [-0.05, 0) is 205 Å². The van der Waals surface area contributed by atoms with E-state index in [0.29, 0.717) is 92.4 Å². The molecule has 0 amide bonds. The zero-order valence-corrected chi connectivity index (χ0v) is 67.9. The smallest absolute Gasteiger partial charge is 0.328 e. The molecule has 4 aromatic heterocycles. The van der Waals surface area contributed by atoms with E-state index in [2.05, 4.69) is 271 Å². The molecule has 4 heterocycles. The Kier molecular flexibility index (Phi) is 23.8. The average Bonchev–Trinajstić information content (AvgIpc) is 1.52. The van der Waals surface area contributed by atoms with E-state index >= 15 is 0 Å². The number of aryl methyl sites for hydroxylation is 2. The Morgan fingerprint density at radius 1 is 0.477 bits per heavy atom. The highest BCUT2D eigenvalue weighted by Crippen LogP contribution is 2.41. The molecule has 12 heteroatoms. The van der Waals surface area contributed by atoms with Crippen LogP contribution in [0.2, 0.25) is 0 Å². The second-order valence-corrected chi connectivity index (χ2v) is 36.2. The molecule has 0 bridgehead atoms. The van der Waals surface area contributed by atoms with Crippen molar-refractivity contribution in [2.75, 3.05) is 13.2 Å². The summed E-state index contributed by atoms with van der Waals surface area (Å²) < 4.78 is 32.9. The number of benzene rings is 8. The SMILES string of the molecule is [C-]#[N+]/C(c1nc2cc(C)ccc2o1)=c1\c2c(-c3ccc(OCC(CCC(C)CC(C)(C)C)C(C)CC(C)(C)C)cc3)n(B(c3ccccc3)c3ccccc3)/c(=C(/C#N)c3nc4cc(C)ccc4o3)c2c(-c2ccc(OCC(CCC(C)C(C)(C)C)C(C)CC(C)(C)C)cc2)n1B(c1ccccc1)c1ccccc1. The summed E-state index contributed by atoms with van der Waals surface area (Å²) in [7, 11) is 0. The fourth-order valence-corrected chi connectivity index (χ4v) is 16.9. The van der Waals surface area contributed by atoms with Gasteiger partial charge in [0.25, 0.3) is 5.70 Å². The first kappa shape index (κ1) is 78.5. The number of aromatic nitrogens is 4. The van der Waals surface area contributed by atoms with Gasteiger partial charge in [0.2, 0.25) is 11.8 Å². The fraction of sp³-hybridized carbons (Fsp3) is 0.381. The first-order chi connectivity index (χ1) is 51.9. The maximum atomic E-state index is 12.7. The van der Waals surface area contributed by atoms with Crippen LogP contribution in [0.3, 0.4) is 0 Å². The minimum absolute atomic E-state index is 0.147. The summed E-state index contributed by atoms with van der Waals surface area (Å²) >= 11 is 0. The van der Waals surface area contributed by atoms with Gasteiger partial charge in [0.15, 0.2) is 11.2 Å². The maximum Gasteiger partial charge on any atom is 0.328 e. The Balaban J connectivity index is 1.24. The molecule has 0 aliphatic heterocycles.